The minimum atomic E-state index is -0.538. The number of nitrogens with zero attached hydrogens (tertiary/aromatic N) is 1. The number of hydrogen-bond acceptors (Lipinski definition) is 7. The van der Waals surface area contributed by atoms with Crippen LogP contribution in [0.3, 0.4) is 0 Å². The molecule has 0 bridgehead atoms. The van der Waals surface area contributed by atoms with Gasteiger partial charge in [-0.25, -0.2) is 0 Å². The Hall–Kier alpha value is -3.81. The first-order valence-corrected chi connectivity index (χ1v) is 8.77. The Balaban J connectivity index is 1.47. The van der Waals surface area contributed by atoms with Crippen molar-refractivity contribution in [2.75, 3.05) is 30.0 Å². The molecule has 0 aliphatic heterocycles. The van der Waals surface area contributed by atoms with Crippen LogP contribution in [0.4, 0.5) is 22.9 Å². The molecule has 0 atom stereocenters. The summed E-state index contributed by atoms with van der Waals surface area (Å²) < 4.78 is 5.21. The summed E-state index contributed by atoms with van der Waals surface area (Å²) in [6.07, 6.45) is 0.687. The number of fused-ring (bicyclic) bond motifs is 1. The Morgan fingerprint density at radius 3 is 2.75 bits per heavy atom. The Kier molecular flexibility index (Phi) is 4.44. The molecule has 5 N–H and O–H groups in total. The van der Waals surface area contributed by atoms with Gasteiger partial charge in [0.2, 0.25) is 0 Å². The lowest BCUT2D eigenvalue weighted by Gasteiger charge is -2.15. The van der Waals surface area contributed by atoms with Gasteiger partial charge in [0.15, 0.2) is 5.82 Å². The summed E-state index contributed by atoms with van der Waals surface area (Å²) in [4.78, 5) is 24.0. The monoisotopic (exact) mass is 377 g/mol. The zero-order chi connectivity index (χ0) is 19.7. The van der Waals surface area contributed by atoms with E-state index in [4.69, 9.17) is 10.5 Å². The van der Waals surface area contributed by atoms with E-state index in [2.05, 4.69) is 20.8 Å². The molecular formula is C20H19N5O3. The predicted molar refractivity (Wildman–Crippen MR) is 110 cm³/mol. The minimum Gasteiger partial charge on any atom is -0.497 e. The molecule has 0 spiro atoms. The van der Waals surface area contributed by atoms with Crippen LogP contribution in [0.2, 0.25) is 0 Å². The first-order valence-electron chi connectivity index (χ1n) is 8.77. The van der Waals surface area contributed by atoms with Gasteiger partial charge in [-0.05, 0) is 42.3 Å². The average molecular weight is 377 g/mol. The number of aromatic amines is 1. The number of rotatable bonds is 7. The molecule has 142 valence electrons. The molecule has 0 aliphatic rings. The van der Waals surface area contributed by atoms with E-state index in [1.807, 2.05) is 30.3 Å². The molecule has 0 radical (unpaired) electrons. The number of nitrogens with one attached hydrogen (secondary N) is 3. The second-order valence-corrected chi connectivity index (χ2v) is 6.43. The van der Waals surface area contributed by atoms with Gasteiger partial charge in [-0.15, -0.1) is 0 Å². The molecule has 0 saturated heterocycles. The molecule has 4 aromatic rings. The summed E-state index contributed by atoms with van der Waals surface area (Å²) in [7, 11) is 1.62. The number of nitrogen functional groups attached to an aromatic ring is 1. The molecule has 8 nitrogen and oxygen atoms in total. The van der Waals surface area contributed by atoms with Gasteiger partial charge in [-0.3, -0.25) is 14.7 Å². The first-order chi connectivity index (χ1) is 13.6. The van der Waals surface area contributed by atoms with Crippen molar-refractivity contribution in [3.8, 4) is 5.75 Å². The topological polar surface area (TPSA) is 122 Å². The number of aromatic nitrogens is 2. The van der Waals surface area contributed by atoms with Crippen molar-refractivity contribution in [2.45, 2.75) is 6.42 Å². The van der Waals surface area contributed by atoms with Crippen LogP contribution in [0.1, 0.15) is 5.56 Å². The van der Waals surface area contributed by atoms with Gasteiger partial charge in [0.05, 0.1) is 12.6 Å². The number of benzene rings is 2. The van der Waals surface area contributed by atoms with Gasteiger partial charge in [0, 0.05) is 17.6 Å². The lowest BCUT2D eigenvalue weighted by molar-refractivity contribution is 0.414. The largest absolute Gasteiger partial charge is 0.497 e. The van der Waals surface area contributed by atoms with Crippen LogP contribution < -0.4 is 32.0 Å². The second kappa shape index (κ2) is 7.07. The van der Waals surface area contributed by atoms with Crippen LogP contribution >= 0.6 is 0 Å². The van der Waals surface area contributed by atoms with Gasteiger partial charge in [0.25, 0.3) is 10.9 Å². The number of anilines is 4. The van der Waals surface area contributed by atoms with Crippen molar-refractivity contribution in [3.63, 3.8) is 0 Å². The number of ether oxygens (including phenoxy) is 1. The number of hydrogen-bond donors (Lipinski definition) is 4. The summed E-state index contributed by atoms with van der Waals surface area (Å²) >= 11 is 0. The highest BCUT2D eigenvalue weighted by molar-refractivity contribution is 5.92. The van der Waals surface area contributed by atoms with Crippen molar-refractivity contribution in [2.24, 2.45) is 0 Å². The normalized spacial score (nSPS) is 11.0. The fraction of sp³-hybridized carbons (Fsp3) is 0.150. The van der Waals surface area contributed by atoms with Crippen molar-refractivity contribution >= 4 is 33.8 Å². The smallest absolute Gasteiger partial charge is 0.253 e. The summed E-state index contributed by atoms with van der Waals surface area (Å²) in [5.41, 5.74) is 7.84. The number of H-pyrrole nitrogens is 1. The van der Waals surface area contributed by atoms with Gasteiger partial charge >= 0.3 is 0 Å². The van der Waals surface area contributed by atoms with Gasteiger partial charge < -0.3 is 21.1 Å². The third-order valence-corrected chi connectivity index (χ3v) is 4.62. The lowest BCUT2D eigenvalue weighted by atomic mass is 10.1. The molecule has 4 rings (SSSR count). The van der Waals surface area contributed by atoms with Crippen molar-refractivity contribution in [1.82, 2.24) is 10.2 Å². The molecule has 1 aromatic heterocycles. The molecule has 0 fully saturated rings. The predicted octanol–water partition coefficient (Wildman–Crippen LogP) is 2.15. The van der Waals surface area contributed by atoms with Crippen LogP contribution in [0.25, 0.3) is 10.9 Å². The standard InChI is InChI=1S/C20H19N5O3/c1-28-13-4-2-3-11(9-13)7-8-22-16-17(19(27)18(16)26)23-12-5-6-15-14(10-12)20(21)25-24-15/h2-6,9-10,22-23H,7-8H2,1H3,(H3,21,24,25). The SMILES string of the molecule is COc1cccc(CCNc2c(Nc3ccc4[nH]nc(N)c4c3)c(=O)c2=O)c1. The lowest BCUT2D eigenvalue weighted by Crippen LogP contribution is -2.37. The Labute approximate surface area is 160 Å². The number of nitrogens with two attached hydrogens (primary N) is 1. The van der Waals surface area contributed by atoms with Crippen LogP contribution in [0, 0.1) is 0 Å². The molecule has 0 aliphatic carbocycles. The zero-order valence-corrected chi connectivity index (χ0v) is 15.2. The summed E-state index contributed by atoms with van der Waals surface area (Å²) in [6, 6.07) is 13.1. The highest BCUT2D eigenvalue weighted by Gasteiger charge is 2.21. The second-order valence-electron chi connectivity index (χ2n) is 6.43. The maximum atomic E-state index is 12.0. The van der Waals surface area contributed by atoms with Gasteiger partial charge in [0.1, 0.15) is 17.1 Å². The van der Waals surface area contributed by atoms with E-state index in [1.54, 1.807) is 19.2 Å². The molecule has 0 amide bonds. The maximum absolute atomic E-state index is 12.0. The van der Waals surface area contributed by atoms with Crippen LogP contribution in [0.15, 0.2) is 52.1 Å². The Morgan fingerprint density at radius 1 is 1.11 bits per heavy atom. The quantitative estimate of drug-likeness (QED) is 0.364. The third kappa shape index (κ3) is 3.16. The van der Waals surface area contributed by atoms with E-state index < -0.39 is 10.9 Å². The van der Waals surface area contributed by atoms with Crippen LogP contribution in [-0.4, -0.2) is 23.9 Å². The van der Waals surface area contributed by atoms with Crippen LogP contribution in [0.5, 0.6) is 5.75 Å². The molecule has 3 aromatic carbocycles. The fourth-order valence-corrected chi connectivity index (χ4v) is 3.10. The summed E-state index contributed by atoms with van der Waals surface area (Å²) in [5.74, 6) is 1.16. The van der Waals surface area contributed by atoms with E-state index in [1.165, 1.54) is 0 Å². The van der Waals surface area contributed by atoms with Crippen molar-refractivity contribution in [1.29, 1.82) is 0 Å². The van der Waals surface area contributed by atoms with E-state index in [0.717, 1.165) is 22.2 Å². The molecule has 8 heteroatoms. The highest BCUT2D eigenvalue weighted by Crippen LogP contribution is 2.26. The zero-order valence-electron chi connectivity index (χ0n) is 15.2. The molecular weight excluding hydrogens is 358 g/mol. The van der Waals surface area contributed by atoms with E-state index in [0.29, 0.717) is 30.2 Å². The van der Waals surface area contributed by atoms with Crippen molar-refractivity contribution in [3.05, 3.63) is 68.5 Å². The van der Waals surface area contributed by atoms with Gasteiger partial charge in [-0.2, -0.15) is 5.10 Å². The Bertz CT molecular complexity index is 1220. The minimum absolute atomic E-state index is 0.261. The van der Waals surface area contributed by atoms with Crippen LogP contribution in [-0.2, 0) is 6.42 Å². The van der Waals surface area contributed by atoms with E-state index >= 15 is 0 Å². The third-order valence-electron chi connectivity index (χ3n) is 4.62. The average Bonchev–Trinajstić information content (AvgIpc) is 3.10. The molecule has 0 unspecified atom stereocenters. The van der Waals surface area contributed by atoms with E-state index in [9.17, 15) is 9.59 Å². The summed E-state index contributed by atoms with van der Waals surface area (Å²) in [6.45, 7) is 0.514. The Morgan fingerprint density at radius 2 is 1.93 bits per heavy atom. The summed E-state index contributed by atoms with van der Waals surface area (Å²) in [5, 5.41) is 13.6. The highest BCUT2D eigenvalue weighted by atomic mass is 16.5. The fourth-order valence-electron chi connectivity index (χ4n) is 3.10. The molecule has 1 heterocycles. The van der Waals surface area contributed by atoms with Crippen molar-refractivity contribution < 1.29 is 4.74 Å². The molecule has 28 heavy (non-hydrogen) atoms. The number of methoxy groups -OCH3 is 1. The maximum Gasteiger partial charge on any atom is 0.253 e. The molecule has 0 saturated carbocycles. The first kappa shape index (κ1) is 17.6. The van der Waals surface area contributed by atoms with E-state index in [-0.39, 0.29) is 5.69 Å². The van der Waals surface area contributed by atoms with Gasteiger partial charge in [-0.1, -0.05) is 12.1 Å².